The Morgan fingerprint density at radius 3 is 2.76 bits per heavy atom. The number of hydrogen-bond acceptors (Lipinski definition) is 3. The molecule has 17 heavy (non-hydrogen) atoms. The van der Waals surface area contributed by atoms with Gasteiger partial charge in [-0.1, -0.05) is 0 Å². The summed E-state index contributed by atoms with van der Waals surface area (Å²) in [4.78, 5) is 2.39. The number of aryl methyl sites for hydroxylation is 1. The largest absolute Gasteiger partial charge is 0.313 e. The molecule has 1 rings (SSSR count). The number of rotatable bonds is 8. The molecule has 0 radical (unpaired) electrons. The third kappa shape index (κ3) is 5.84. The van der Waals surface area contributed by atoms with Gasteiger partial charge in [-0.05, 0) is 46.8 Å². The van der Waals surface area contributed by atoms with Crippen molar-refractivity contribution >= 4 is 0 Å². The molecule has 98 valence electrons. The van der Waals surface area contributed by atoms with Crippen LogP contribution in [0, 0.1) is 0 Å². The van der Waals surface area contributed by atoms with Gasteiger partial charge in [0.05, 0.1) is 6.20 Å². The SMILES string of the molecule is CC(C)N(C)CCCCNCc1cnn(C)c1. The predicted octanol–water partition coefficient (Wildman–Crippen LogP) is 1.63. The zero-order valence-electron chi connectivity index (χ0n) is 11.6. The first kappa shape index (κ1) is 14.2. The lowest BCUT2D eigenvalue weighted by molar-refractivity contribution is 0.268. The molecule has 4 heteroatoms. The lowest BCUT2D eigenvalue weighted by atomic mass is 10.2. The normalized spacial score (nSPS) is 11.6. The van der Waals surface area contributed by atoms with Crippen molar-refractivity contribution in [3.05, 3.63) is 18.0 Å². The Hall–Kier alpha value is -0.870. The number of hydrogen-bond donors (Lipinski definition) is 1. The fraction of sp³-hybridized carbons (Fsp3) is 0.769. The molecule has 0 aliphatic heterocycles. The van der Waals surface area contributed by atoms with Crippen LogP contribution in [-0.4, -0.2) is 40.9 Å². The molecule has 0 aliphatic carbocycles. The maximum Gasteiger partial charge on any atom is 0.0534 e. The summed E-state index contributed by atoms with van der Waals surface area (Å²) in [6.07, 6.45) is 6.46. The Bertz CT molecular complexity index is 306. The second kappa shape index (κ2) is 7.45. The molecule has 0 amide bonds. The summed E-state index contributed by atoms with van der Waals surface area (Å²) >= 11 is 0. The molecule has 0 unspecified atom stereocenters. The summed E-state index contributed by atoms with van der Waals surface area (Å²) in [6, 6.07) is 0.651. The van der Waals surface area contributed by atoms with Crippen molar-refractivity contribution in [2.24, 2.45) is 7.05 Å². The maximum absolute atomic E-state index is 4.14. The number of nitrogens with zero attached hydrogens (tertiary/aromatic N) is 3. The van der Waals surface area contributed by atoms with Gasteiger partial charge in [-0.3, -0.25) is 4.68 Å². The van der Waals surface area contributed by atoms with Gasteiger partial charge in [0.1, 0.15) is 0 Å². The quantitative estimate of drug-likeness (QED) is 0.699. The molecular formula is C13H26N4. The first-order valence-corrected chi connectivity index (χ1v) is 6.48. The predicted molar refractivity (Wildman–Crippen MR) is 71.9 cm³/mol. The third-order valence-electron chi connectivity index (χ3n) is 3.08. The van der Waals surface area contributed by atoms with E-state index in [9.17, 15) is 0 Å². The van der Waals surface area contributed by atoms with Crippen LogP contribution in [0.25, 0.3) is 0 Å². The Balaban J connectivity index is 1.98. The van der Waals surface area contributed by atoms with E-state index >= 15 is 0 Å². The third-order valence-corrected chi connectivity index (χ3v) is 3.08. The van der Waals surface area contributed by atoms with E-state index in [1.807, 2.05) is 17.9 Å². The molecular weight excluding hydrogens is 212 g/mol. The van der Waals surface area contributed by atoms with E-state index in [2.05, 4.69) is 42.4 Å². The Morgan fingerprint density at radius 1 is 1.41 bits per heavy atom. The minimum absolute atomic E-state index is 0.651. The van der Waals surface area contributed by atoms with E-state index in [1.54, 1.807) is 0 Å². The standard InChI is InChI=1S/C13H26N4/c1-12(2)16(3)8-6-5-7-14-9-13-10-15-17(4)11-13/h10-12,14H,5-9H2,1-4H3. The monoisotopic (exact) mass is 238 g/mol. The van der Waals surface area contributed by atoms with Crippen molar-refractivity contribution in [1.82, 2.24) is 20.0 Å². The van der Waals surface area contributed by atoms with Gasteiger partial charge in [0.25, 0.3) is 0 Å². The molecule has 1 aromatic rings. The summed E-state index contributed by atoms with van der Waals surface area (Å²) in [7, 11) is 4.14. The van der Waals surface area contributed by atoms with Crippen LogP contribution in [0.4, 0.5) is 0 Å². The molecule has 0 aromatic carbocycles. The minimum Gasteiger partial charge on any atom is -0.313 e. The highest BCUT2D eigenvalue weighted by molar-refractivity contribution is 5.02. The summed E-state index contributed by atoms with van der Waals surface area (Å²) in [5.74, 6) is 0. The molecule has 4 nitrogen and oxygen atoms in total. The van der Waals surface area contributed by atoms with Gasteiger partial charge in [-0.25, -0.2) is 0 Å². The molecule has 0 atom stereocenters. The molecule has 0 spiro atoms. The minimum atomic E-state index is 0.651. The molecule has 0 fully saturated rings. The highest BCUT2D eigenvalue weighted by atomic mass is 15.2. The Labute approximate surface area is 105 Å². The van der Waals surface area contributed by atoms with E-state index < -0.39 is 0 Å². The summed E-state index contributed by atoms with van der Waals surface area (Å²) < 4.78 is 1.84. The zero-order valence-corrected chi connectivity index (χ0v) is 11.6. The summed E-state index contributed by atoms with van der Waals surface area (Å²) in [6.45, 7) is 7.67. The zero-order chi connectivity index (χ0) is 12.7. The van der Waals surface area contributed by atoms with E-state index in [1.165, 1.54) is 24.9 Å². The maximum atomic E-state index is 4.14. The Kier molecular flexibility index (Phi) is 6.22. The van der Waals surface area contributed by atoms with E-state index in [4.69, 9.17) is 0 Å². The molecule has 1 aromatic heterocycles. The summed E-state index contributed by atoms with van der Waals surface area (Å²) in [5.41, 5.74) is 1.26. The van der Waals surface area contributed by atoms with Crippen molar-refractivity contribution < 1.29 is 0 Å². The van der Waals surface area contributed by atoms with Crippen LogP contribution in [0.15, 0.2) is 12.4 Å². The molecule has 1 N–H and O–H groups in total. The van der Waals surface area contributed by atoms with Crippen LogP contribution in [0.5, 0.6) is 0 Å². The van der Waals surface area contributed by atoms with Crippen molar-refractivity contribution in [3.8, 4) is 0 Å². The van der Waals surface area contributed by atoms with E-state index in [0.29, 0.717) is 6.04 Å². The fourth-order valence-electron chi connectivity index (χ4n) is 1.67. The number of unbranched alkanes of at least 4 members (excludes halogenated alkanes) is 1. The average Bonchev–Trinajstić information content (AvgIpc) is 2.68. The topological polar surface area (TPSA) is 33.1 Å². The first-order chi connectivity index (χ1) is 8.09. The molecule has 0 bridgehead atoms. The van der Waals surface area contributed by atoms with Gasteiger partial charge in [0, 0.05) is 31.4 Å². The van der Waals surface area contributed by atoms with Crippen LogP contribution in [-0.2, 0) is 13.6 Å². The highest BCUT2D eigenvalue weighted by Gasteiger charge is 2.01. The van der Waals surface area contributed by atoms with Crippen molar-refractivity contribution in [2.75, 3.05) is 20.1 Å². The average molecular weight is 238 g/mol. The van der Waals surface area contributed by atoms with Crippen LogP contribution in [0.2, 0.25) is 0 Å². The molecule has 1 heterocycles. The number of nitrogens with one attached hydrogen (secondary N) is 1. The lowest BCUT2D eigenvalue weighted by Crippen LogP contribution is -2.27. The van der Waals surface area contributed by atoms with Crippen molar-refractivity contribution in [1.29, 1.82) is 0 Å². The van der Waals surface area contributed by atoms with Gasteiger partial charge in [0.15, 0.2) is 0 Å². The van der Waals surface area contributed by atoms with Gasteiger partial charge in [0.2, 0.25) is 0 Å². The molecule has 0 aliphatic rings. The van der Waals surface area contributed by atoms with Crippen molar-refractivity contribution in [2.45, 2.75) is 39.3 Å². The van der Waals surface area contributed by atoms with Crippen LogP contribution >= 0.6 is 0 Å². The smallest absolute Gasteiger partial charge is 0.0534 e. The van der Waals surface area contributed by atoms with Gasteiger partial charge in [-0.2, -0.15) is 5.10 Å². The Morgan fingerprint density at radius 2 is 2.18 bits per heavy atom. The van der Waals surface area contributed by atoms with E-state index in [-0.39, 0.29) is 0 Å². The number of aromatic nitrogens is 2. The second-order valence-corrected chi connectivity index (χ2v) is 4.98. The highest BCUT2D eigenvalue weighted by Crippen LogP contribution is 1.98. The van der Waals surface area contributed by atoms with Gasteiger partial charge >= 0.3 is 0 Å². The van der Waals surface area contributed by atoms with E-state index in [0.717, 1.165) is 13.1 Å². The fourth-order valence-corrected chi connectivity index (χ4v) is 1.67. The first-order valence-electron chi connectivity index (χ1n) is 6.48. The van der Waals surface area contributed by atoms with Crippen molar-refractivity contribution in [3.63, 3.8) is 0 Å². The van der Waals surface area contributed by atoms with Gasteiger partial charge < -0.3 is 10.2 Å². The van der Waals surface area contributed by atoms with Crippen LogP contribution < -0.4 is 5.32 Å². The molecule has 0 saturated carbocycles. The van der Waals surface area contributed by atoms with Crippen LogP contribution in [0.1, 0.15) is 32.3 Å². The molecule has 0 saturated heterocycles. The summed E-state index contributed by atoms with van der Waals surface area (Å²) in [5, 5.41) is 7.59. The van der Waals surface area contributed by atoms with Crippen LogP contribution in [0.3, 0.4) is 0 Å². The van der Waals surface area contributed by atoms with Gasteiger partial charge in [-0.15, -0.1) is 0 Å². The second-order valence-electron chi connectivity index (χ2n) is 4.98. The lowest BCUT2D eigenvalue weighted by Gasteiger charge is -2.20.